The van der Waals surface area contributed by atoms with Gasteiger partial charge in [0.05, 0.1) is 11.4 Å². The zero-order valence-electron chi connectivity index (χ0n) is 13.9. The minimum absolute atomic E-state index is 0.471. The van der Waals surface area contributed by atoms with Crippen LogP contribution < -0.4 is 16.4 Å². The zero-order valence-corrected chi connectivity index (χ0v) is 13.9. The zero-order chi connectivity index (χ0) is 17.0. The van der Waals surface area contributed by atoms with Crippen LogP contribution in [0.15, 0.2) is 42.5 Å². The minimum atomic E-state index is -0.520. The van der Waals surface area contributed by atoms with Gasteiger partial charge in [-0.25, -0.2) is 4.79 Å². The summed E-state index contributed by atoms with van der Waals surface area (Å²) in [6.45, 7) is 7.44. The molecule has 0 bridgehead atoms. The molecule has 5 nitrogen and oxygen atoms in total. The summed E-state index contributed by atoms with van der Waals surface area (Å²) in [5, 5.41) is 5.96. The van der Waals surface area contributed by atoms with Gasteiger partial charge in [-0.15, -0.1) is 0 Å². The molecule has 0 unspecified atom stereocenters. The number of nitrogen functional groups attached to an aromatic ring is 1. The summed E-state index contributed by atoms with van der Waals surface area (Å²) < 4.78 is 5.21. The fourth-order valence-corrected chi connectivity index (χ4v) is 2.00. The van der Waals surface area contributed by atoms with E-state index in [0.29, 0.717) is 5.69 Å². The predicted molar refractivity (Wildman–Crippen MR) is 95.2 cm³/mol. The number of carbonyl (C=O) groups is 1. The van der Waals surface area contributed by atoms with Crippen LogP contribution in [0.5, 0.6) is 0 Å². The van der Waals surface area contributed by atoms with Gasteiger partial charge in [0, 0.05) is 11.4 Å². The van der Waals surface area contributed by atoms with Crippen LogP contribution in [0.3, 0.4) is 0 Å². The van der Waals surface area contributed by atoms with Crippen molar-refractivity contribution in [3.8, 4) is 0 Å². The molecule has 23 heavy (non-hydrogen) atoms. The molecule has 1 amide bonds. The van der Waals surface area contributed by atoms with Gasteiger partial charge >= 0.3 is 6.09 Å². The van der Waals surface area contributed by atoms with E-state index < -0.39 is 11.7 Å². The van der Waals surface area contributed by atoms with Gasteiger partial charge in [-0.1, -0.05) is 12.1 Å². The molecule has 0 aliphatic carbocycles. The first-order chi connectivity index (χ1) is 10.7. The maximum absolute atomic E-state index is 11.7. The fraction of sp³-hybridized carbons (Fsp3) is 0.278. The van der Waals surface area contributed by atoms with E-state index in [-0.39, 0.29) is 0 Å². The number of nitrogens with two attached hydrogens (primary N) is 1. The van der Waals surface area contributed by atoms with Crippen molar-refractivity contribution < 1.29 is 9.53 Å². The first-order valence-corrected chi connectivity index (χ1v) is 7.47. The van der Waals surface area contributed by atoms with Crippen molar-refractivity contribution in [3.63, 3.8) is 0 Å². The Morgan fingerprint density at radius 2 is 1.65 bits per heavy atom. The van der Waals surface area contributed by atoms with Gasteiger partial charge in [-0.3, -0.25) is 5.32 Å². The summed E-state index contributed by atoms with van der Waals surface area (Å²) in [5.41, 5.74) is 9.69. The van der Waals surface area contributed by atoms with Gasteiger partial charge < -0.3 is 15.8 Å². The molecular formula is C18H23N3O2. The Kier molecular flexibility index (Phi) is 4.79. The quantitative estimate of drug-likeness (QED) is 0.720. The molecule has 2 rings (SSSR count). The average molecular weight is 313 g/mol. The van der Waals surface area contributed by atoms with E-state index in [0.717, 1.165) is 22.6 Å². The van der Waals surface area contributed by atoms with Crippen molar-refractivity contribution >= 4 is 28.8 Å². The monoisotopic (exact) mass is 313 g/mol. The highest BCUT2D eigenvalue weighted by Gasteiger charge is 2.16. The van der Waals surface area contributed by atoms with Crippen LogP contribution in [-0.2, 0) is 4.74 Å². The van der Waals surface area contributed by atoms with E-state index >= 15 is 0 Å². The number of anilines is 4. The number of ether oxygens (including phenoxy) is 1. The highest BCUT2D eigenvalue weighted by Crippen LogP contribution is 2.26. The van der Waals surface area contributed by atoms with E-state index in [4.69, 9.17) is 10.5 Å². The maximum Gasteiger partial charge on any atom is 0.412 e. The van der Waals surface area contributed by atoms with Gasteiger partial charge in [-0.05, 0) is 63.6 Å². The Balaban J connectivity index is 2.02. The third-order valence-corrected chi connectivity index (χ3v) is 3.13. The number of amides is 1. The summed E-state index contributed by atoms with van der Waals surface area (Å²) in [4.78, 5) is 11.7. The molecular weight excluding hydrogens is 290 g/mol. The number of nitrogens with one attached hydrogen (secondary N) is 2. The van der Waals surface area contributed by atoms with E-state index in [1.807, 2.05) is 58.0 Å². The lowest BCUT2D eigenvalue weighted by Crippen LogP contribution is -2.27. The van der Waals surface area contributed by atoms with Gasteiger partial charge in [0.1, 0.15) is 5.60 Å². The van der Waals surface area contributed by atoms with Gasteiger partial charge in [0.2, 0.25) is 0 Å². The standard InChI is InChI=1S/C18H23N3O2/c1-12-6-5-7-15(16(12)19)20-13-8-10-14(11-9-13)21-17(22)23-18(2,3)4/h5-11,20H,19H2,1-4H3,(H,21,22). The van der Waals surface area contributed by atoms with Crippen molar-refractivity contribution in [1.29, 1.82) is 0 Å². The molecule has 0 aliphatic rings. The van der Waals surface area contributed by atoms with Crippen molar-refractivity contribution in [2.45, 2.75) is 33.3 Å². The number of aryl methyl sites for hydroxylation is 1. The van der Waals surface area contributed by atoms with Crippen LogP contribution in [0.2, 0.25) is 0 Å². The molecule has 2 aromatic carbocycles. The third kappa shape index (κ3) is 4.92. The average Bonchev–Trinajstić information content (AvgIpc) is 2.44. The smallest absolute Gasteiger partial charge is 0.412 e. The second-order valence-electron chi connectivity index (χ2n) is 6.37. The van der Waals surface area contributed by atoms with E-state index in [2.05, 4.69) is 10.6 Å². The molecule has 0 spiro atoms. The molecule has 0 atom stereocenters. The molecule has 0 saturated carbocycles. The van der Waals surface area contributed by atoms with E-state index in [9.17, 15) is 4.79 Å². The molecule has 0 aromatic heterocycles. The first kappa shape index (κ1) is 16.7. The summed E-state index contributed by atoms with van der Waals surface area (Å²) >= 11 is 0. The number of hydrogen-bond donors (Lipinski definition) is 3. The van der Waals surface area contributed by atoms with Crippen LogP contribution in [0.1, 0.15) is 26.3 Å². The number of benzene rings is 2. The molecule has 5 heteroatoms. The van der Waals surface area contributed by atoms with Crippen LogP contribution in [0, 0.1) is 6.92 Å². The lowest BCUT2D eigenvalue weighted by molar-refractivity contribution is 0.0636. The van der Waals surface area contributed by atoms with Gasteiger partial charge in [-0.2, -0.15) is 0 Å². The van der Waals surface area contributed by atoms with Crippen molar-refractivity contribution in [3.05, 3.63) is 48.0 Å². The lowest BCUT2D eigenvalue weighted by Gasteiger charge is -2.19. The Morgan fingerprint density at radius 1 is 1.04 bits per heavy atom. The SMILES string of the molecule is Cc1cccc(Nc2ccc(NC(=O)OC(C)(C)C)cc2)c1N. The predicted octanol–water partition coefficient (Wildman–Crippen LogP) is 4.67. The molecule has 4 N–H and O–H groups in total. The summed E-state index contributed by atoms with van der Waals surface area (Å²) in [6, 6.07) is 13.2. The second-order valence-corrected chi connectivity index (χ2v) is 6.37. The largest absolute Gasteiger partial charge is 0.444 e. The van der Waals surface area contributed by atoms with Crippen LogP contribution in [0.4, 0.5) is 27.5 Å². The normalized spacial score (nSPS) is 11.0. The molecule has 0 saturated heterocycles. The Morgan fingerprint density at radius 3 is 2.26 bits per heavy atom. The molecule has 0 fully saturated rings. The second kappa shape index (κ2) is 6.60. The summed E-state index contributed by atoms with van der Waals surface area (Å²) in [5.74, 6) is 0. The molecule has 2 aromatic rings. The molecule has 122 valence electrons. The Hall–Kier alpha value is -2.69. The first-order valence-electron chi connectivity index (χ1n) is 7.47. The number of para-hydroxylation sites is 1. The van der Waals surface area contributed by atoms with Crippen LogP contribution in [-0.4, -0.2) is 11.7 Å². The van der Waals surface area contributed by atoms with Gasteiger partial charge in [0.15, 0.2) is 0 Å². The van der Waals surface area contributed by atoms with Crippen LogP contribution in [0.25, 0.3) is 0 Å². The van der Waals surface area contributed by atoms with E-state index in [1.165, 1.54) is 0 Å². The Labute approximate surface area is 136 Å². The fourth-order valence-electron chi connectivity index (χ4n) is 2.00. The summed E-state index contributed by atoms with van der Waals surface area (Å²) in [7, 11) is 0. The molecule has 0 aliphatic heterocycles. The highest BCUT2D eigenvalue weighted by atomic mass is 16.6. The lowest BCUT2D eigenvalue weighted by atomic mass is 10.1. The van der Waals surface area contributed by atoms with Gasteiger partial charge in [0.25, 0.3) is 0 Å². The third-order valence-electron chi connectivity index (χ3n) is 3.13. The topological polar surface area (TPSA) is 76.4 Å². The van der Waals surface area contributed by atoms with Crippen molar-refractivity contribution in [2.24, 2.45) is 0 Å². The highest BCUT2D eigenvalue weighted by molar-refractivity contribution is 5.85. The number of rotatable bonds is 3. The Bertz CT molecular complexity index is 688. The minimum Gasteiger partial charge on any atom is -0.444 e. The van der Waals surface area contributed by atoms with E-state index in [1.54, 1.807) is 12.1 Å². The maximum atomic E-state index is 11.7. The van der Waals surface area contributed by atoms with Crippen LogP contribution >= 0.6 is 0 Å². The molecule has 0 radical (unpaired) electrons. The molecule has 0 heterocycles. The number of hydrogen-bond acceptors (Lipinski definition) is 4. The number of carbonyl (C=O) groups excluding carboxylic acids is 1. The van der Waals surface area contributed by atoms with Crippen molar-refractivity contribution in [2.75, 3.05) is 16.4 Å². The van der Waals surface area contributed by atoms with Crippen molar-refractivity contribution in [1.82, 2.24) is 0 Å². The summed E-state index contributed by atoms with van der Waals surface area (Å²) in [6.07, 6.45) is -0.471.